The van der Waals surface area contributed by atoms with Crippen LogP contribution in [0.2, 0.25) is 5.15 Å². The number of halogens is 4. The Hall–Kier alpha value is -3.09. The highest BCUT2D eigenvalue weighted by Gasteiger charge is 2.61. The van der Waals surface area contributed by atoms with E-state index in [0.29, 0.717) is 56.3 Å². The van der Waals surface area contributed by atoms with Gasteiger partial charge in [-0.1, -0.05) is 23.7 Å². The molecular weight excluding hydrogens is 589 g/mol. The highest BCUT2D eigenvalue weighted by Crippen LogP contribution is 2.41. The number of methoxy groups -OCH3 is 1. The van der Waals surface area contributed by atoms with Crippen LogP contribution in [0, 0.1) is 11.8 Å². The van der Waals surface area contributed by atoms with E-state index in [1.807, 2.05) is 0 Å². The predicted molar refractivity (Wildman–Crippen MR) is 155 cm³/mol. The first kappa shape index (κ1) is 32.8. The second-order valence-corrected chi connectivity index (χ2v) is 11.7. The van der Waals surface area contributed by atoms with Crippen LogP contribution in [0.4, 0.5) is 19.0 Å². The molecule has 2 aliphatic heterocycles. The van der Waals surface area contributed by atoms with Gasteiger partial charge in [0.05, 0.1) is 12.7 Å². The average molecular weight is 627 g/mol. The molecule has 9 nitrogen and oxygen atoms in total. The van der Waals surface area contributed by atoms with Gasteiger partial charge in [-0.05, 0) is 62.3 Å². The summed E-state index contributed by atoms with van der Waals surface area (Å²) in [5.41, 5.74) is -3.95. The first-order valence-electron chi connectivity index (χ1n) is 14.4. The van der Waals surface area contributed by atoms with Gasteiger partial charge < -0.3 is 29.6 Å². The fourth-order valence-corrected chi connectivity index (χ4v) is 6.03. The third-order valence-electron chi connectivity index (χ3n) is 8.49. The largest absolute Gasteiger partial charge is 0.497 e. The third-order valence-corrected chi connectivity index (χ3v) is 8.78. The maximum Gasteiger partial charge on any atom is 0.430 e. The lowest BCUT2D eigenvalue weighted by Crippen LogP contribution is -2.55. The van der Waals surface area contributed by atoms with Gasteiger partial charge in [0, 0.05) is 57.9 Å². The normalized spacial score (nSPS) is 19.3. The lowest BCUT2D eigenvalue weighted by molar-refractivity contribution is -0.261. The zero-order valence-electron chi connectivity index (χ0n) is 24.3. The van der Waals surface area contributed by atoms with Gasteiger partial charge in [0.1, 0.15) is 16.7 Å². The van der Waals surface area contributed by atoms with Crippen molar-refractivity contribution in [3.8, 4) is 5.75 Å². The Balaban J connectivity index is 1.28. The molecule has 2 saturated heterocycles. The number of hydrogen-bond donors (Lipinski definition) is 2. The maximum absolute atomic E-state index is 14.0. The highest BCUT2D eigenvalue weighted by molar-refractivity contribution is 6.32. The lowest BCUT2D eigenvalue weighted by Gasteiger charge is -2.34. The number of hydrogen-bond acceptors (Lipinski definition) is 7. The Morgan fingerprint density at radius 1 is 1.12 bits per heavy atom. The van der Waals surface area contributed by atoms with Gasteiger partial charge in [0.15, 0.2) is 0 Å². The monoisotopic (exact) mass is 626 g/mol. The van der Waals surface area contributed by atoms with Crippen LogP contribution < -0.4 is 9.64 Å². The minimum atomic E-state index is -5.23. The molecule has 1 aromatic carbocycles. The molecule has 2 fully saturated rings. The lowest BCUT2D eigenvalue weighted by atomic mass is 9.90. The van der Waals surface area contributed by atoms with Gasteiger partial charge in [-0.3, -0.25) is 9.59 Å². The second-order valence-electron chi connectivity index (χ2n) is 11.3. The van der Waals surface area contributed by atoms with Gasteiger partial charge in [-0.2, -0.15) is 13.2 Å². The Morgan fingerprint density at radius 3 is 2.42 bits per heavy atom. The number of nitrogens with zero attached hydrogens (tertiary/aromatic N) is 4. The van der Waals surface area contributed by atoms with E-state index in [-0.39, 0.29) is 35.9 Å². The van der Waals surface area contributed by atoms with Gasteiger partial charge in [-0.25, -0.2) is 4.98 Å². The van der Waals surface area contributed by atoms with Gasteiger partial charge in [-0.15, -0.1) is 0 Å². The van der Waals surface area contributed by atoms with Crippen LogP contribution in [0.5, 0.6) is 5.75 Å². The number of aliphatic hydroxyl groups excluding tert-OH is 1. The Bertz CT molecular complexity index is 1290. The number of piperidine rings is 1. The number of carbonyl (C=O) groups excluding carboxylic acids is 2. The highest BCUT2D eigenvalue weighted by atomic mass is 35.5. The number of anilines is 1. The van der Waals surface area contributed by atoms with Crippen molar-refractivity contribution in [3.05, 3.63) is 52.7 Å². The Kier molecular flexibility index (Phi) is 10.4. The van der Waals surface area contributed by atoms with Crippen LogP contribution in [0.15, 0.2) is 36.4 Å². The van der Waals surface area contributed by atoms with Crippen molar-refractivity contribution in [2.75, 3.05) is 58.4 Å². The topological polar surface area (TPSA) is 106 Å². The van der Waals surface area contributed by atoms with Gasteiger partial charge in [0.2, 0.25) is 0 Å². The molecule has 0 bridgehead atoms. The van der Waals surface area contributed by atoms with Crippen molar-refractivity contribution in [2.24, 2.45) is 11.8 Å². The SMILES string of the molecule is COc1cccc(C(O)(C(=O)N(C)CCCC2CCN(c3ccc(C(=O)N4CC[C@H](CO)C4)c(Cl)n3)CC2)C(F)(F)F)c1. The minimum Gasteiger partial charge on any atom is -0.497 e. The number of aromatic nitrogens is 1. The van der Waals surface area contributed by atoms with Crippen molar-refractivity contribution >= 4 is 29.2 Å². The second kappa shape index (κ2) is 13.7. The number of carbonyl (C=O) groups is 2. The van der Waals surface area contributed by atoms with E-state index in [9.17, 15) is 33.0 Å². The van der Waals surface area contributed by atoms with E-state index in [1.165, 1.54) is 26.3 Å². The number of likely N-dealkylation sites (N-methyl/N-ethyl adjacent to an activating group) is 1. The summed E-state index contributed by atoms with van der Waals surface area (Å²) in [6, 6.07) is 8.27. The molecule has 2 aromatic rings. The number of aliphatic hydroxyl groups is 2. The predicted octanol–water partition coefficient (Wildman–Crippen LogP) is 4.10. The smallest absolute Gasteiger partial charge is 0.430 e. The van der Waals surface area contributed by atoms with Gasteiger partial charge >= 0.3 is 6.18 Å². The van der Waals surface area contributed by atoms with Crippen LogP contribution in [0.25, 0.3) is 0 Å². The van der Waals surface area contributed by atoms with Crippen LogP contribution in [-0.2, 0) is 10.4 Å². The van der Waals surface area contributed by atoms with Crippen molar-refractivity contribution < 1.29 is 37.7 Å². The minimum absolute atomic E-state index is 0.0468. The quantitative estimate of drug-likeness (QED) is 0.383. The van der Waals surface area contributed by atoms with Crippen molar-refractivity contribution in [3.63, 3.8) is 0 Å². The fraction of sp³-hybridized carbons (Fsp3) is 0.567. The summed E-state index contributed by atoms with van der Waals surface area (Å²) in [6.45, 7) is 2.57. The molecule has 2 aliphatic rings. The van der Waals surface area contributed by atoms with Crippen LogP contribution >= 0.6 is 11.6 Å². The molecule has 236 valence electrons. The fourth-order valence-electron chi connectivity index (χ4n) is 5.80. The van der Waals surface area contributed by atoms with Crippen LogP contribution in [-0.4, -0.2) is 96.5 Å². The molecule has 43 heavy (non-hydrogen) atoms. The molecule has 2 N–H and O–H groups in total. The van der Waals surface area contributed by atoms with Crippen molar-refractivity contribution in [2.45, 2.75) is 43.9 Å². The Morgan fingerprint density at radius 2 is 1.81 bits per heavy atom. The van der Waals surface area contributed by atoms with E-state index < -0.39 is 23.2 Å². The summed E-state index contributed by atoms with van der Waals surface area (Å²) in [6.07, 6.45) is -1.63. The van der Waals surface area contributed by atoms with Crippen molar-refractivity contribution in [1.29, 1.82) is 0 Å². The van der Waals surface area contributed by atoms with Gasteiger partial charge in [0.25, 0.3) is 17.4 Å². The summed E-state index contributed by atoms with van der Waals surface area (Å²) in [7, 11) is 2.55. The van der Waals surface area contributed by atoms with E-state index in [0.717, 1.165) is 36.3 Å². The molecule has 3 heterocycles. The number of likely N-dealkylation sites (tertiary alicyclic amines) is 1. The Labute approximate surface area is 254 Å². The van der Waals surface area contributed by atoms with E-state index in [2.05, 4.69) is 9.88 Å². The molecule has 0 spiro atoms. The van der Waals surface area contributed by atoms with E-state index in [1.54, 1.807) is 17.0 Å². The average Bonchev–Trinajstić information content (AvgIpc) is 3.49. The zero-order chi connectivity index (χ0) is 31.4. The maximum atomic E-state index is 14.0. The molecule has 0 saturated carbocycles. The first-order chi connectivity index (χ1) is 20.4. The van der Waals surface area contributed by atoms with Crippen molar-refractivity contribution in [1.82, 2.24) is 14.8 Å². The molecular formula is C30H38ClF3N4O5. The number of ether oxygens (including phenoxy) is 1. The molecule has 13 heteroatoms. The molecule has 2 atom stereocenters. The zero-order valence-corrected chi connectivity index (χ0v) is 25.1. The summed E-state index contributed by atoms with van der Waals surface area (Å²) in [5.74, 6) is -0.471. The molecule has 0 aliphatic carbocycles. The molecule has 1 aromatic heterocycles. The first-order valence-corrected chi connectivity index (χ1v) is 14.8. The van der Waals surface area contributed by atoms with Crippen LogP contribution in [0.3, 0.4) is 0 Å². The molecule has 1 unspecified atom stereocenters. The molecule has 0 radical (unpaired) electrons. The standard InChI is InChI=1S/C30H38ClF3N4O5/c1-36(28(41)29(42,30(32,33)34)22-6-3-7-23(17-22)43-2)13-4-5-20-10-14-37(15-11-20)25-9-8-24(26(31)35-25)27(40)38-16-12-21(18-38)19-39/h3,6-9,17,20-21,39,42H,4-5,10-16,18-19H2,1-2H3/t21-,29?/m0/s1. The summed E-state index contributed by atoms with van der Waals surface area (Å²) >= 11 is 6.40. The number of benzene rings is 1. The number of rotatable bonds is 10. The summed E-state index contributed by atoms with van der Waals surface area (Å²) < 4.78 is 47.1. The molecule has 2 amide bonds. The number of amides is 2. The number of alkyl halides is 3. The number of pyridine rings is 1. The summed E-state index contributed by atoms with van der Waals surface area (Å²) in [4.78, 5) is 35.0. The van der Waals surface area contributed by atoms with Crippen LogP contribution in [0.1, 0.15) is 48.0 Å². The van der Waals surface area contributed by atoms with E-state index in [4.69, 9.17) is 16.3 Å². The summed E-state index contributed by atoms with van der Waals surface area (Å²) in [5, 5.41) is 20.2. The molecule has 4 rings (SSSR count). The third kappa shape index (κ3) is 7.18. The van der Waals surface area contributed by atoms with E-state index >= 15 is 0 Å².